The van der Waals surface area contributed by atoms with Gasteiger partial charge in [0.25, 0.3) is 23.6 Å². The smallest absolute Gasteiger partial charge is 0.259 e. The van der Waals surface area contributed by atoms with E-state index in [-0.39, 0.29) is 16.7 Å². The van der Waals surface area contributed by atoms with Crippen LogP contribution in [0.4, 0.5) is 0 Å². The van der Waals surface area contributed by atoms with Gasteiger partial charge < -0.3 is 0 Å². The Kier molecular flexibility index (Phi) is 1.79. The van der Waals surface area contributed by atoms with Crippen molar-refractivity contribution in [1.29, 1.82) is 0 Å². The molecule has 0 fully saturated rings. The average Bonchev–Trinajstić information content (AvgIpc) is 2.69. The van der Waals surface area contributed by atoms with Crippen molar-refractivity contribution >= 4 is 34.4 Å². The van der Waals surface area contributed by atoms with E-state index in [9.17, 15) is 19.2 Å². The third-order valence-electron chi connectivity index (χ3n) is 3.56. The summed E-state index contributed by atoms with van der Waals surface area (Å²) in [6.07, 6.45) is 0. The molecule has 96 valence electrons. The van der Waals surface area contributed by atoms with Gasteiger partial charge in [-0.15, -0.1) is 0 Å². The molecule has 6 heteroatoms. The van der Waals surface area contributed by atoms with Crippen molar-refractivity contribution in [2.24, 2.45) is 0 Å². The van der Waals surface area contributed by atoms with Crippen molar-refractivity contribution in [3.8, 4) is 0 Å². The predicted octanol–water partition coefficient (Wildman–Crippen LogP) is 0.607. The molecule has 4 amide bonds. The quantitative estimate of drug-likeness (QED) is 0.683. The van der Waals surface area contributed by atoms with Crippen LogP contribution in [-0.2, 0) is 0 Å². The Morgan fingerprint density at radius 1 is 0.700 bits per heavy atom. The molecule has 2 heterocycles. The molecule has 0 aromatic heterocycles. The number of rotatable bonds is 0. The monoisotopic (exact) mass is 266 g/mol. The zero-order chi connectivity index (χ0) is 14.0. The third-order valence-corrected chi connectivity index (χ3v) is 3.56. The van der Waals surface area contributed by atoms with E-state index in [1.54, 1.807) is 18.2 Å². The first-order valence-corrected chi connectivity index (χ1v) is 5.89. The Morgan fingerprint density at radius 3 is 2.10 bits per heavy atom. The van der Waals surface area contributed by atoms with Crippen LogP contribution in [0.25, 0.3) is 10.8 Å². The zero-order valence-electron chi connectivity index (χ0n) is 9.94. The number of carbonyl (C=O) groups is 4. The number of nitrogens with one attached hydrogen (secondary N) is 2. The Morgan fingerprint density at radius 2 is 1.35 bits per heavy atom. The van der Waals surface area contributed by atoms with Crippen LogP contribution in [0.1, 0.15) is 41.4 Å². The van der Waals surface area contributed by atoms with E-state index < -0.39 is 23.6 Å². The van der Waals surface area contributed by atoms with Crippen molar-refractivity contribution < 1.29 is 19.2 Å². The molecule has 20 heavy (non-hydrogen) atoms. The molecule has 0 aliphatic carbocycles. The summed E-state index contributed by atoms with van der Waals surface area (Å²) >= 11 is 0. The van der Waals surface area contributed by atoms with Gasteiger partial charge in [0, 0.05) is 10.9 Å². The van der Waals surface area contributed by atoms with Gasteiger partial charge in [-0.25, -0.2) is 0 Å². The van der Waals surface area contributed by atoms with E-state index in [1.807, 2.05) is 0 Å². The second-order valence-corrected chi connectivity index (χ2v) is 4.64. The number of amides is 4. The number of hydrogen-bond donors (Lipinski definition) is 2. The molecule has 0 spiro atoms. The van der Waals surface area contributed by atoms with E-state index in [4.69, 9.17) is 0 Å². The maximum atomic E-state index is 12.1. The summed E-state index contributed by atoms with van der Waals surface area (Å²) in [5.74, 6) is -2.29. The van der Waals surface area contributed by atoms with Crippen LogP contribution in [0.2, 0.25) is 0 Å². The lowest BCUT2D eigenvalue weighted by atomic mass is 9.89. The van der Waals surface area contributed by atoms with Gasteiger partial charge in [0.1, 0.15) is 0 Å². The molecule has 0 saturated carbocycles. The van der Waals surface area contributed by atoms with Crippen LogP contribution in [0, 0.1) is 0 Å². The van der Waals surface area contributed by atoms with Crippen molar-refractivity contribution in [2.75, 3.05) is 0 Å². The fraction of sp³-hybridized carbons (Fsp3) is 0. The highest BCUT2D eigenvalue weighted by Crippen LogP contribution is 2.33. The van der Waals surface area contributed by atoms with Crippen molar-refractivity contribution in [2.45, 2.75) is 0 Å². The maximum Gasteiger partial charge on any atom is 0.259 e. The van der Waals surface area contributed by atoms with Gasteiger partial charge in [0.15, 0.2) is 0 Å². The lowest BCUT2D eigenvalue weighted by Crippen LogP contribution is -2.36. The van der Waals surface area contributed by atoms with Crippen molar-refractivity contribution in [3.05, 3.63) is 46.5 Å². The molecule has 0 bridgehead atoms. The van der Waals surface area contributed by atoms with Crippen LogP contribution in [0.3, 0.4) is 0 Å². The summed E-state index contributed by atoms with van der Waals surface area (Å²) in [6.45, 7) is 0. The van der Waals surface area contributed by atoms with Crippen LogP contribution in [-0.4, -0.2) is 23.6 Å². The number of fused-ring (bicyclic) bond motifs is 2. The van der Waals surface area contributed by atoms with Crippen LogP contribution < -0.4 is 10.6 Å². The normalized spacial score (nSPS) is 16.2. The van der Waals surface area contributed by atoms with E-state index in [1.165, 1.54) is 6.07 Å². The molecule has 0 saturated heterocycles. The maximum absolute atomic E-state index is 12.1. The second kappa shape index (κ2) is 3.30. The minimum Gasteiger partial charge on any atom is -0.288 e. The van der Waals surface area contributed by atoms with Crippen LogP contribution in [0.15, 0.2) is 24.3 Å². The molecule has 4 rings (SSSR count). The fourth-order valence-corrected chi connectivity index (χ4v) is 2.75. The Hall–Kier alpha value is -3.02. The molecule has 2 aromatic rings. The highest BCUT2D eigenvalue weighted by molar-refractivity contribution is 6.33. The Balaban J connectivity index is 2.29. The molecule has 6 nitrogen and oxygen atoms in total. The molecule has 0 unspecified atom stereocenters. The predicted molar refractivity (Wildman–Crippen MR) is 67.5 cm³/mol. The molecular weight excluding hydrogens is 260 g/mol. The molecule has 0 atom stereocenters. The van der Waals surface area contributed by atoms with Gasteiger partial charge in [0.2, 0.25) is 0 Å². The SMILES string of the molecule is O=C1NC(=O)c2c1cc1cccc3c1c2C(=O)NC3=O. The van der Waals surface area contributed by atoms with Gasteiger partial charge >= 0.3 is 0 Å². The molecule has 2 N–H and O–H groups in total. The van der Waals surface area contributed by atoms with Gasteiger partial charge in [0.05, 0.1) is 16.7 Å². The zero-order valence-corrected chi connectivity index (χ0v) is 9.94. The number of benzene rings is 2. The van der Waals surface area contributed by atoms with Gasteiger partial charge in [-0.05, 0) is 17.5 Å². The average molecular weight is 266 g/mol. The van der Waals surface area contributed by atoms with Crippen LogP contribution >= 0.6 is 0 Å². The number of imide groups is 2. The topological polar surface area (TPSA) is 92.3 Å². The Labute approximate surface area is 111 Å². The highest BCUT2D eigenvalue weighted by Gasteiger charge is 2.37. The first-order valence-electron chi connectivity index (χ1n) is 5.89. The summed E-state index contributed by atoms with van der Waals surface area (Å²) in [4.78, 5) is 47.5. The fourth-order valence-electron chi connectivity index (χ4n) is 2.75. The Bertz CT molecular complexity index is 882. The van der Waals surface area contributed by atoms with E-state index in [2.05, 4.69) is 10.6 Å². The summed E-state index contributed by atoms with van der Waals surface area (Å²) in [5, 5.41) is 5.36. The van der Waals surface area contributed by atoms with Crippen LogP contribution in [0.5, 0.6) is 0 Å². The summed E-state index contributed by atoms with van der Waals surface area (Å²) < 4.78 is 0. The summed E-state index contributed by atoms with van der Waals surface area (Å²) in [7, 11) is 0. The summed E-state index contributed by atoms with van der Waals surface area (Å²) in [5.41, 5.74) is 0.627. The van der Waals surface area contributed by atoms with Gasteiger partial charge in [-0.1, -0.05) is 12.1 Å². The van der Waals surface area contributed by atoms with E-state index in [0.29, 0.717) is 16.3 Å². The molecule has 0 radical (unpaired) electrons. The second-order valence-electron chi connectivity index (χ2n) is 4.64. The molecule has 2 aliphatic rings. The number of hydrogen-bond acceptors (Lipinski definition) is 4. The van der Waals surface area contributed by atoms with Gasteiger partial charge in [-0.3, -0.25) is 29.8 Å². The third kappa shape index (κ3) is 1.13. The molecule has 2 aromatic carbocycles. The van der Waals surface area contributed by atoms with E-state index in [0.717, 1.165) is 0 Å². The minimum absolute atomic E-state index is 0.0416. The lowest BCUT2D eigenvalue weighted by Gasteiger charge is -2.18. The first kappa shape index (κ1) is 10.9. The van der Waals surface area contributed by atoms with Gasteiger partial charge in [-0.2, -0.15) is 0 Å². The first-order chi connectivity index (χ1) is 9.58. The number of carbonyl (C=O) groups excluding carboxylic acids is 4. The molecule has 2 aliphatic heterocycles. The van der Waals surface area contributed by atoms with Crippen molar-refractivity contribution in [3.63, 3.8) is 0 Å². The van der Waals surface area contributed by atoms with E-state index >= 15 is 0 Å². The molecular formula is C14H6N2O4. The minimum atomic E-state index is -0.652. The lowest BCUT2D eigenvalue weighted by molar-refractivity contribution is 0.0828. The summed E-state index contributed by atoms with van der Waals surface area (Å²) in [6, 6.07) is 6.47. The van der Waals surface area contributed by atoms with Crippen molar-refractivity contribution in [1.82, 2.24) is 10.6 Å². The largest absolute Gasteiger partial charge is 0.288 e. The highest BCUT2D eigenvalue weighted by atomic mass is 16.2. The standard InChI is InChI=1S/C14H6N2O4/c17-11-6-3-1-2-5-4-7-9(13(19)16-12(7)18)10(8(5)6)14(20)15-11/h1-4H,(H,15,17,20)(H,16,18,19).